The summed E-state index contributed by atoms with van der Waals surface area (Å²) < 4.78 is 6.34. The van der Waals surface area contributed by atoms with Crippen molar-refractivity contribution in [1.29, 1.82) is 0 Å². The molecule has 2 aromatic heterocycles. The minimum Gasteiger partial charge on any atom is -0.370 e. The predicted molar refractivity (Wildman–Crippen MR) is 109 cm³/mol. The summed E-state index contributed by atoms with van der Waals surface area (Å²) in [6, 6.07) is 4.44. The fourth-order valence-corrected chi connectivity index (χ4v) is 5.39. The summed E-state index contributed by atoms with van der Waals surface area (Å²) in [5.74, 6) is 1.27. The summed E-state index contributed by atoms with van der Waals surface area (Å²) in [5.41, 5.74) is 7.64. The second-order valence-electron chi connectivity index (χ2n) is 8.00. The molecule has 0 unspecified atom stereocenters. The van der Waals surface area contributed by atoms with Gasteiger partial charge in [0.2, 0.25) is 5.95 Å². The number of nitrogens with zero attached hydrogens (tertiary/aromatic N) is 3. The van der Waals surface area contributed by atoms with Crippen molar-refractivity contribution in [3.05, 3.63) is 33.1 Å². The van der Waals surface area contributed by atoms with Gasteiger partial charge >= 0.3 is 0 Å². The van der Waals surface area contributed by atoms with Gasteiger partial charge in [0.15, 0.2) is 0 Å². The summed E-state index contributed by atoms with van der Waals surface area (Å²) >= 11 is 1.64. The maximum Gasteiger partial charge on any atom is 0.261 e. The van der Waals surface area contributed by atoms with Crippen LogP contribution in [-0.4, -0.2) is 41.6 Å². The number of piperidine rings is 1. The summed E-state index contributed by atoms with van der Waals surface area (Å²) in [4.78, 5) is 25.5. The van der Waals surface area contributed by atoms with Crippen LogP contribution >= 0.6 is 11.3 Å². The van der Waals surface area contributed by atoms with Gasteiger partial charge in [-0.15, -0.1) is 11.3 Å². The molecular formula is C20H25N5O2S. The number of anilines is 2. The molecular weight excluding hydrogens is 374 g/mol. The van der Waals surface area contributed by atoms with Gasteiger partial charge in [-0.25, -0.2) is 4.98 Å². The van der Waals surface area contributed by atoms with Crippen LogP contribution in [-0.2, 0) is 16.8 Å². The first kappa shape index (κ1) is 17.9. The highest BCUT2D eigenvalue weighted by Gasteiger charge is 2.42. The van der Waals surface area contributed by atoms with Crippen LogP contribution in [0.15, 0.2) is 12.1 Å². The monoisotopic (exact) mass is 399 g/mol. The lowest BCUT2D eigenvalue weighted by atomic mass is 9.82. The molecule has 2 aliphatic heterocycles. The highest BCUT2D eigenvalue weighted by atomic mass is 32.1. The average Bonchev–Trinajstić information content (AvgIpc) is 3.36. The van der Waals surface area contributed by atoms with Crippen molar-refractivity contribution in [3.8, 4) is 0 Å². The van der Waals surface area contributed by atoms with Crippen LogP contribution in [0, 0.1) is 6.92 Å². The molecule has 1 aliphatic carbocycles. The predicted octanol–water partition coefficient (Wildman–Crippen LogP) is 2.39. The molecule has 0 atom stereocenters. The first-order valence-electron chi connectivity index (χ1n) is 9.96. The van der Waals surface area contributed by atoms with E-state index in [2.05, 4.69) is 26.3 Å². The highest BCUT2D eigenvalue weighted by molar-refractivity contribution is 7.14. The van der Waals surface area contributed by atoms with Gasteiger partial charge in [0, 0.05) is 42.2 Å². The van der Waals surface area contributed by atoms with Gasteiger partial charge in [-0.2, -0.15) is 4.98 Å². The molecule has 0 aromatic carbocycles. The zero-order valence-corrected chi connectivity index (χ0v) is 16.8. The number of rotatable bonds is 3. The van der Waals surface area contributed by atoms with E-state index in [9.17, 15) is 4.79 Å². The van der Waals surface area contributed by atoms with Crippen molar-refractivity contribution in [1.82, 2.24) is 15.3 Å². The van der Waals surface area contributed by atoms with E-state index in [1.165, 1.54) is 10.4 Å². The number of carbonyl (C=O) groups excluding carboxylic acids is 1. The van der Waals surface area contributed by atoms with Crippen molar-refractivity contribution in [2.24, 2.45) is 0 Å². The SMILES string of the molecule is Cc1cc(N2CCC3(CC2)OCCc2sc(C(=O)NC4CC4)cc23)nc(N)n1. The molecule has 2 fully saturated rings. The lowest BCUT2D eigenvalue weighted by molar-refractivity contribution is -0.0757. The fraction of sp³-hybridized carbons (Fsp3) is 0.550. The molecule has 3 aliphatic rings. The molecule has 8 heteroatoms. The van der Waals surface area contributed by atoms with Crippen LogP contribution in [0.4, 0.5) is 11.8 Å². The Hall–Kier alpha value is -2.19. The number of ether oxygens (including phenoxy) is 1. The summed E-state index contributed by atoms with van der Waals surface area (Å²) in [6.07, 6.45) is 4.86. The Bertz CT molecular complexity index is 895. The molecule has 1 saturated carbocycles. The second kappa shape index (κ2) is 6.70. The third-order valence-corrected chi connectivity index (χ3v) is 7.09. The zero-order valence-electron chi connectivity index (χ0n) is 16.0. The van der Waals surface area contributed by atoms with Crippen molar-refractivity contribution in [3.63, 3.8) is 0 Å². The first-order chi connectivity index (χ1) is 13.5. The Morgan fingerprint density at radius 2 is 2.11 bits per heavy atom. The molecule has 5 rings (SSSR count). The number of nitrogen functional groups attached to an aromatic ring is 1. The van der Waals surface area contributed by atoms with Crippen LogP contribution in [0.5, 0.6) is 0 Å². The smallest absolute Gasteiger partial charge is 0.261 e. The van der Waals surface area contributed by atoms with E-state index >= 15 is 0 Å². The molecule has 148 valence electrons. The van der Waals surface area contributed by atoms with Gasteiger partial charge in [-0.1, -0.05) is 0 Å². The van der Waals surface area contributed by atoms with Crippen molar-refractivity contribution >= 4 is 29.0 Å². The molecule has 0 radical (unpaired) electrons. The van der Waals surface area contributed by atoms with Crippen LogP contribution in [0.3, 0.4) is 0 Å². The number of nitrogens with one attached hydrogen (secondary N) is 1. The first-order valence-corrected chi connectivity index (χ1v) is 10.8. The normalized spacial score (nSPS) is 20.8. The quantitative estimate of drug-likeness (QED) is 0.823. The van der Waals surface area contributed by atoms with Crippen molar-refractivity contribution < 1.29 is 9.53 Å². The Labute approximate surface area is 168 Å². The molecule has 1 amide bonds. The highest BCUT2D eigenvalue weighted by Crippen LogP contribution is 2.45. The average molecular weight is 400 g/mol. The third kappa shape index (κ3) is 3.24. The number of hydrogen-bond donors (Lipinski definition) is 2. The molecule has 3 N–H and O–H groups in total. The Kier molecular flexibility index (Phi) is 4.28. The van der Waals surface area contributed by atoms with Crippen LogP contribution in [0.25, 0.3) is 0 Å². The topological polar surface area (TPSA) is 93.4 Å². The zero-order chi connectivity index (χ0) is 19.3. The number of nitrogens with two attached hydrogens (primary N) is 1. The minimum absolute atomic E-state index is 0.0708. The molecule has 1 spiro atoms. The van der Waals surface area contributed by atoms with E-state index < -0.39 is 0 Å². The van der Waals surface area contributed by atoms with E-state index in [4.69, 9.17) is 10.5 Å². The fourth-order valence-electron chi connectivity index (χ4n) is 4.26. The number of hydrogen-bond acceptors (Lipinski definition) is 7. The third-order valence-electron chi connectivity index (χ3n) is 5.90. The Morgan fingerprint density at radius 1 is 1.32 bits per heavy atom. The van der Waals surface area contributed by atoms with Crippen LogP contribution < -0.4 is 16.0 Å². The van der Waals surface area contributed by atoms with Crippen molar-refractivity contribution in [2.45, 2.75) is 50.7 Å². The van der Waals surface area contributed by atoms with Crippen LogP contribution in [0.1, 0.15) is 51.5 Å². The van der Waals surface area contributed by atoms with Gasteiger partial charge in [-0.05, 0) is 44.2 Å². The maximum atomic E-state index is 12.5. The minimum atomic E-state index is -0.285. The largest absolute Gasteiger partial charge is 0.370 e. The van der Waals surface area contributed by atoms with Gasteiger partial charge in [0.25, 0.3) is 5.91 Å². The molecule has 0 bridgehead atoms. The molecule has 28 heavy (non-hydrogen) atoms. The molecule has 1 saturated heterocycles. The summed E-state index contributed by atoms with van der Waals surface area (Å²) in [6.45, 7) is 4.34. The number of carbonyl (C=O) groups is 1. The van der Waals surface area contributed by atoms with Gasteiger partial charge < -0.3 is 20.7 Å². The second-order valence-corrected chi connectivity index (χ2v) is 9.14. The number of amides is 1. The van der Waals surface area contributed by atoms with E-state index in [0.717, 1.165) is 68.2 Å². The number of thiophene rings is 1. The number of fused-ring (bicyclic) bond motifs is 2. The van der Waals surface area contributed by atoms with E-state index in [1.54, 1.807) is 11.3 Å². The number of aryl methyl sites for hydroxylation is 1. The Balaban J connectivity index is 1.36. The molecule has 4 heterocycles. The maximum absolute atomic E-state index is 12.5. The molecule has 7 nitrogen and oxygen atoms in total. The Morgan fingerprint density at radius 3 is 2.82 bits per heavy atom. The van der Waals surface area contributed by atoms with E-state index in [1.807, 2.05) is 13.0 Å². The van der Waals surface area contributed by atoms with Gasteiger partial charge in [0.05, 0.1) is 17.1 Å². The molecule has 2 aromatic rings. The lowest BCUT2D eigenvalue weighted by Gasteiger charge is -2.44. The standard InChI is InChI=1S/C20H25N5O2S/c1-12-10-17(24-19(21)22-12)25-7-5-20(6-8-25)14-11-16(18(26)23-13-2-3-13)28-15(14)4-9-27-20/h10-11,13H,2-9H2,1H3,(H,23,26)(H2,21,22,24). The van der Waals surface area contributed by atoms with E-state index in [-0.39, 0.29) is 11.5 Å². The lowest BCUT2D eigenvalue weighted by Crippen LogP contribution is -2.46. The van der Waals surface area contributed by atoms with Crippen LogP contribution in [0.2, 0.25) is 0 Å². The van der Waals surface area contributed by atoms with Gasteiger partial charge in [-0.3, -0.25) is 4.79 Å². The summed E-state index contributed by atoms with van der Waals surface area (Å²) in [7, 11) is 0. The van der Waals surface area contributed by atoms with E-state index in [0.29, 0.717) is 12.0 Å². The number of aromatic nitrogens is 2. The van der Waals surface area contributed by atoms with Gasteiger partial charge in [0.1, 0.15) is 5.82 Å². The summed E-state index contributed by atoms with van der Waals surface area (Å²) in [5, 5.41) is 3.11. The van der Waals surface area contributed by atoms with Crippen molar-refractivity contribution in [2.75, 3.05) is 30.3 Å².